The molecular formula is C14H16N2O3. The summed E-state index contributed by atoms with van der Waals surface area (Å²) in [4.78, 5) is 14.9. The molecule has 2 rings (SSSR count). The molecule has 5 nitrogen and oxygen atoms in total. The molecule has 2 N–H and O–H groups in total. The highest BCUT2D eigenvalue weighted by atomic mass is 16.5. The lowest BCUT2D eigenvalue weighted by atomic mass is 10.1. The average Bonchev–Trinajstić information content (AvgIpc) is 2.42. The normalized spacial score (nSPS) is 10.4. The van der Waals surface area contributed by atoms with Gasteiger partial charge in [0.15, 0.2) is 0 Å². The van der Waals surface area contributed by atoms with Crippen LogP contribution in [0, 0.1) is 0 Å². The van der Waals surface area contributed by atoms with Crippen LogP contribution in [0.4, 0.5) is 5.69 Å². The van der Waals surface area contributed by atoms with Crippen molar-refractivity contribution in [2.24, 2.45) is 0 Å². The molecule has 19 heavy (non-hydrogen) atoms. The zero-order chi connectivity index (χ0) is 13.7. The molecule has 100 valence electrons. The van der Waals surface area contributed by atoms with E-state index >= 15 is 0 Å². The van der Waals surface area contributed by atoms with E-state index in [9.17, 15) is 4.79 Å². The Morgan fingerprint density at radius 2 is 2.26 bits per heavy atom. The monoisotopic (exact) mass is 260 g/mol. The summed E-state index contributed by atoms with van der Waals surface area (Å²) in [6.07, 6.45) is 2.57. The van der Waals surface area contributed by atoms with Crippen LogP contribution in [-0.2, 0) is 4.79 Å². The number of hydrogen-bond donors (Lipinski definition) is 2. The smallest absolute Gasteiger partial charge is 0.322 e. The van der Waals surface area contributed by atoms with Gasteiger partial charge in [0.05, 0.1) is 6.61 Å². The van der Waals surface area contributed by atoms with Gasteiger partial charge in [-0.15, -0.1) is 0 Å². The molecule has 0 aliphatic carbocycles. The summed E-state index contributed by atoms with van der Waals surface area (Å²) in [5, 5.41) is 12.4. The number of nitrogens with zero attached hydrogens (tertiary/aromatic N) is 1. The average molecular weight is 260 g/mol. The summed E-state index contributed by atoms with van der Waals surface area (Å²) in [6, 6.07) is 7.40. The maximum absolute atomic E-state index is 10.6. The Morgan fingerprint density at radius 1 is 1.42 bits per heavy atom. The topological polar surface area (TPSA) is 71.5 Å². The molecule has 0 bridgehead atoms. The molecule has 1 aromatic carbocycles. The highest BCUT2D eigenvalue weighted by Crippen LogP contribution is 2.28. The van der Waals surface area contributed by atoms with Gasteiger partial charge in [-0.1, -0.05) is 19.1 Å². The van der Waals surface area contributed by atoms with Gasteiger partial charge in [-0.3, -0.25) is 9.78 Å². The van der Waals surface area contributed by atoms with Gasteiger partial charge in [0.1, 0.15) is 17.8 Å². The van der Waals surface area contributed by atoms with E-state index in [-0.39, 0.29) is 6.54 Å². The Morgan fingerprint density at radius 3 is 3.00 bits per heavy atom. The lowest BCUT2D eigenvalue weighted by molar-refractivity contribution is -0.134. The first-order chi connectivity index (χ1) is 9.22. The predicted octanol–water partition coefficient (Wildman–Crippen LogP) is 2.52. The fourth-order valence-corrected chi connectivity index (χ4v) is 1.80. The molecule has 0 aliphatic rings. The van der Waals surface area contributed by atoms with Gasteiger partial charge >= 0.3 is 5.97 Å². The Labute approximate surface area is 111 Å². The zero-order valence-corrected chi connectivity index (χ0v) is 10.7. The summed E-state index contributed by atoms with van der Waals surface area (Å²) in [5.41, 5.74) is 1.49. The van der Waals surface area contributed by atoms with Crippen molar-refractivity contribution in [2.75, 3.05) is 18.5 Å². The summed E-state index contributed by atoms with van der Waals surface area (Å²) in [5.74, 6) is -0.179. The van der Waals surface area contributed by atoms with Gasteiger partial charge in [0, 0.05) is 17.3 Å². The van der Waals surface area contributed by atoms with Crippen LogP contribution in [0.2, 0.25) is 0 Å². The minimum absolute atomic E-state index is 0.126. The molecule has 1 heterocycles. The fourth-order valence-electron chi connectivity index (χ4n) is 1.80. The standard InChI is InChI=1S/C14H16N2O3/c1-2-8-19-12-5-3-4-10-11(16-9-13(17)18)6-7-15-14(10)12/h3-7H,2,8-9H2,1H3,(H,15,16)(H,17,18). The number of pyridine rings is 1. The summed E-state index contributed by atoms with van der Waals surface area (Å²) in [6.45, 7) is 2.55. The molecule has 1 aromatic heterocycles. The lowest BCUT2D eigenvalue weighted by Crippen LogP contribution is -2.12. The number of fused-ring (bicyclic) bond motifs is 1. The van der Waals surface area contributed by atoms with Crippen molar-refractivity contribution in [3.05, 3.63) is 30.5 Å². The van der Waals surface area contributed by atoms with Crippen molar-refractivity contribution in [3.8, 4) is 5.75 Å². The number of ether oxygens (including phenoxy) is 1. The van der Waals surface area contributed by atoms with Gasteiger partial charge in [0.25, 0.3) is 0 Å². The van der Waals surface area contributed by atoms with E-state index < -0.39 is 5.97 Å². The quantitative estimate of drug-likeness (QED) is 0.835. The molecule has 0 atom stereocenters. The number of rotatable bonds is 6. The van der Waals surface area contributed by atoms with E-state index in [0.29, 0.717) is 6.61 Å². The fraction of sp³-hybridized carbons (Fsp3) is 0.286. The van der Waals surface area contributed by atoms with E-state index in [1.807, 2.05) is 25.1 Å². The molecule has 0 amide bonds. The first-order valence-electron chi connectivity index (χ1n) is 6.18. The van der Waals surface area contributed by atoms with E-state index in [0.717, 1.165) is 28.8 Å². The summed E-state index contributed by atoms with van der Waals surface area (Å²) < 4.78 is 5.64. The highest BCUT2D eigenvalue weighted by Gasteiger charge is 2.07. The Bertz CT molecular complexity index is 584. The summed E-state index contributed by atoms with van der Waals surface area (Å²) >= 11 is 0. The van der Waals surface area contributed by atoms with Gasteiger partial charge < -0.3 is 15.2 Å². The molecule has 0 saturated heterocycles. The number of anilines is 1. The van der Waals surface area contributed by atoms with Gasteiger partial charge in [0.2, 0.25) is 0 Å². The third-order valence-corrected chi connectivity index (χ3v) is 2.63. The molecule has 0 radical (unpaired) electrons. The Balaban J connectivity index is 2.36. The Kier molecular flexibility index (Phi) is 4.18. The molecule has 0 saturated carbocycles. The number of carboxylic acid groups (broad SMARTS) is 1. The second kappa shape index (κ2) is 6.04. The molecule has 0 unspecified atom stereocenters. The maximum Gasteiger partial charge on any atom is 0.322 e. The predicted molar refractivity (Wildman–Crippen MR) is 73.7 cm³/mol. The molecule has 2 aromatic rings. The molecular weight excluding hydrogens is 244 g/mol. The van der Waals surface area contributed by atoms with Crippen molar-refractivity contribution in [1.82, 2.24) is 4.98 Å². The number of benzene rings is 1. The van der Waals surface area contributed by atoms with Gasteiger partial charge in [-0.25, -0.2) is 0 Å². The van der Waals surface area contributed by atoms with Crippen LogP contribution >= 0.6 is 0 Å². The lowest BCUT2D eigenvalue weighted by Gasteiger charge is -2.11. The number of aliphatic carboxylic acids is 1. The largest absolute Gasteiger partial charge is 0.491 e. The van der Waals surface area contributed by atoms with Crippen molar-refractivity contribution in [1.29, 1.82) is 0 Å². The van der Waals surface area contributed by atoms with Crippen LogP contribution < -0.4 is 10.1 Å². The van der Waals surface area contributed by atoms with Crippen LogP contribution in [-0.4, -0.2) is 29.2 Å². The Hall–Kier alpha value is -2.30. The SMILES string of the molecule is CCCOc1cccc2c(NCC(=O)O)ccnc12. The second-order valence-electron chi connectivity index (χ2n) is 4.11. The third-order valence-electron chi connectivity index (χ3n) is 2.63. The van der Waals surface area contributed by atoms with E-state index in [4.69, 9.17) is 9.84 Å². The third kappa shape index (κ3) is 3.13. The number of carboxylic acids is 1. The van der Waals surface area contributed by atoms with Crippen LogP contribution in [0.5, 0.6) is 5.75 Å². The minimum Gasteiger partial charge on any atom is -0.491 e. The number of aromatic nitrogens is 1. The van der Waals surface area contributed by atoms with Crippen molar-refractivity contribution in [3.63, 3.8) is 0 Å². The molecule has 5 heteroatoms. The van der Waals surface area contributed by atoms with Crippen LogP contribution in [0.1, 0.15) is 13.3 Å². The highest BCUT2D eigenvalue weighted by molar-refractivity contribution is 5.95. The van der Waals surface area contributed by atoms with Crippen LogP contribution in [0.25, 0.3) is 10.9 Å². The maximum atomic E-state index is 10.6. The summed E-state index contributed by atoms with van der Waals surface area (Å²) in [7, 11) is 0. The number of nitrogens with one attached hydrogen (secondary N) is 1. The van der Waals surface area contributed by atoms with E-state index in [1.165, 1.54) is 0 Å². The molecule has 0 spiro atoms. The van der Waals surface area contributed by atoms with E-state index in [1.54, 1.807) is 12.3 Å². The zero-order valence-electron chi connectivity index (χ0n) is 10.7. The first-order valence-corrected chi connectivity index (χ1v) is 6.18. The molecule has 0 fully saturated rings. The van der Waals surface area contributed by atoms with Gasteiger partial charge in [-0.2, -0.15) is 0 Å². The van der Waals surface area contributed by atoms with Crippen molar-refractivity contribution in [2.45, 2.75) is 13.3 Å². The van der Waals surface area contributed by atoms with E-state index in [2.05, 4.69) is 10.3 Å². The number of carbonyl (C=O) groups is 1. The second-order valence-corrected chi connectivity index (χ2v) is 4.11. The van der Waals surface area contributed by atoms with Crippen molar-refractivity contribution >= 4 is 22.6 Å². The minimum atomic E-state index is -0.900. The number of hydrogen-bond acceptors (Lipinski definition) is 4. The molecule has 0 aliphatic heterocycles. The first kappa shape index (κ1) is 13.1. The van der Waals surface area contributed by atoms with Crippen LogP contribution in [0.15, 0.2) is 30.5 Å². The van der Waals surface area contributed by atoms with Crippen molar-refractivity contribution < 1.29 is 14.6 Å². The van der Waals surface area contributed by atoms with Gasteiger partial charge in [-0.05, 0) is 18.6 Å². The van der Waals surface area contributed by atoms with Crippen LogP contribution in [0.3, 0.4) is 0 Å². The number of para-hydroxylation sites is 1.